The molecule has 0 amide bonds. The third kappa shape index (κ3) is 4.35. The van der Waals surface area contributed by atoms with Gasteiger partial charge in [-0.05, 0) is 52.4 Å². The molecule has 0 saturated carbocycles. The number of hydrogen-bond acceptors (Lipinski definition) is 2. The third-order valence-corrected chi connectivity index (χ3v) is 4.44. The summed E-state index contributed by atoms with van der Waals surface area (Å²) in [5, 5.41) is 0. The van der Waals surface area contributed by atoms with Crippen LogP contribution in [0.3, 0.4) is 0 Å². The van der Waals surface area contributed by atoms with E-state index in [-0.39, 0.29) is 18.3 Å². The highest BCUT2D eigenvalue weighted by Gasteiger charge is 2.51. The van der Waals surface area contributed by atoms with Gasteiger partial charge in [-0.2, -0.15) is 0 Å². The van der Waals surface area contributed by atoms with Crippen molar-refractivity contribution in [3.05, 3.63) is 11.5 Å². The Kier molecular flexibility index (Phi) is 5.70. The van der Waals surface area contributed by atoms with Crippen LogP contribution in [0.15, 0.2) is 11.5 Å². The molecule has 1 atom stereocenters. The van der Waals surface area contributed by atoms with Crippen molar-refractivity contribution in [2.75, 3.05) is 0 Å². The van der Waals surface area contributed by atoms with E-state index >= 15 is 0 Å². The number of rotatable bonds is 6. The van der Waals surface area contributed by atoms with E-state index in [2.05, 4.69) is 54.5 Å². The van der Waals surface area contributed by atoms with E-state index in [1.54, 1.807) is 0 Å². The van der Waals surface area contributed by atoms with E-state index < -0.39 is 0 Å². The molecule has 0 aromatic carbocycles. The molecular weight excluding hydrogens is 235 g/mol. The van der Waals surface area contributed by atoms with Crippen LogP contribution in [0.1, 0.15) is 74.1 Å². The molecule has 0 aromatic heterocycles. The Morgan fingerprint density at radius 3 is 2.11 bits per heavy atom. The lowest BCUT2D eigenvalue weighted by atomic mass is 9.77. The first-order valence-corrected chi connectivity index (χ1v) is 7.73. The van der Waals surface area contributed by atoms with Crippen LogP contribution in [0.4, 0.5) is 0 Å². The van der Waals surface area contributed by atoms with Crippen LogP contribution in [-0.4, -0.2) is 18.3 Å². The number of allylic oxidation sites excluding steroid dienone is 2. The van der Waals surface area contributed by atoms with Crippen LogP contribution >= 0.6 is 0 Å². The van der Waals surface area contributed by atoms with Crippen molar-refractivity contribution < 1.29 is 9.31 Å². The molecule has 1 fully saturated rings. The summed E-state index contributed by atoms with van der Waals surface area (Å²) in [5.74, 6) is 0.602. The predicted molar refractivity (Wildman–Crippen MR) is 83.1 cm³/mol. The van der Waals surface area contributed by atoms with Gasteiger partial charge in [-0.1, -0.05) is 39.2 Å². The molecule has 0 radical (unpaired) electrons. The van der Waals surface area contributed by atoms with Gasteiger partial charge in [0.15, 0.2) is 0 Å². The highest BCUT2D eigenvalue weighted by Crippen LogP contribution is 2.38. The lowest BCUT2D eigenvalue weighted by Gasteiger charge is -2.32. The first-order chi connectivity index (χ1) is 8.69. The summed E-state index contributed by atoms with van der Waals surface area (Å²) < 4.78 is 12.1. The normalized spacial score (nSPS) is 23.7. The number of unbranched alkanes of at least 4 members (excludes halogenated alkanes) is 2. The monoisotopic (exact) mass is 266 g/mol. The summed E-state index contributed by atoms with van der Waals surface area (Å²) >= 11 is 0. The standard InChI is InChI=1S/C16H31BO2/c1-8-9-10-11-13(2)12-14(3)17-18-15(4,5)16(6,7)19-17/h12-13H,8-11H2,1-7H3/b14-12+. The SMILES string of the molecule is CCCCCC(C)/C=C(\C)B1OC(C)(C)C(C)(C)O1. The quantitative estimate of drug-likeness (QED) is 0.508. The van der Waals surface area contributed by atoms with Crippen molar-refractivity contribution in [1.82, 2.24) is 0 Å². The molecule has 110 valence electrons. The van der Waals surface area contributed by atoms with Gasteiger partial charge in [0.05, 0.1) is 11.2 Å². The molecule has 3 heteroatoms. The molecule has 2 nitrogen and oxygen atoms in total. The summed E-state index contributed by atoms with van der Waals surface area (Å²) in [6, 6.07) is 0. The van der Waals surface area contributed by atoms with Crippen molar-refractivity contribution in [1.29, 1.82) is 0 Å². The molecule has 1 unspecified atom stereocenters. The van der Waals surface area contributed by atoms with E-state index in [0.29, 0.717) is 5.92 Å². The predicted octanol–water partition coefficient (Wildman–Crippen LogP) is 4.78. The average molecular weight is 266 g/mol. The molecular formula is C16H31BO2. The van der Waals surface area contributed by atoms with Gasteiger partial charge in [-0.3, -0.25) is 0 Å². The zero-order chi connectivity index (χ0) is 14.7. The minimum atomic E-state index is -0.238. The van der Waals surface area contributed by atoms with E-state index in [4.69, 9.17) is 9.31 Å². The zero-order valence-corrected chi connectivity index (χ0v) is 13.9. The summed E-state index contributed by atoms with van der Waals surface area (Å²) in [5.41, 5.74) is 0.735. The van der Waals surface area contributed by atoms with Gasteiger partial charge in [0.2, 0.25) is 0 Å². The fourth-order valence-electron chi connectivity index (χ4n) is 2.36. The molecule has 0 bridgehead atoms. The molecule has 19 heavy (non-hydrogen) atoms. The lowest BCUT2D eigenvalue weighted by Crippen LogP contribution is -2.41. The van der Waals surface area contributed by atoms with Gasteiger partial charge in [0.1, 0.15) is 0 Å². The molecule has 1 aliphatic heterocycles. The molecule has 1 heterocycles. The highest BCUT2D eigenvalue weighted by molar-refractivity contribution is 6.54. The van der Waals surface area contributed by atoms with Crippen LogP contribution in [0, 0.1) is 5.92 Å². The topological polar surface area (TPSA) is 18.5 Å². The van der Waals surface area contributed by atoms with Crippen LogP contribution in [0.25, 0.3) is 0 Å². The van der Waals surface area contributed by atoms with Crippen LogP contribution in [0.5, 0.6) is 0 Å². The van der Waals surface area contributed by atoms with Crippen molar-refractivity contribution in [3.63, 3.8) is 0 Å². The largest absolute Gasteiger partial charge is 0.489 e. The van der Waals surface area contributed by atoms with E-state index in [1.807, 2.05) is 0 Å². The highest BCUT2D eigenvalue weighted by atomic mass is 16.7. The second-order valence-electron chi connectivity index (χ2n) is 6.97. The summed E-state index contributed by atoms with van der Waals surface area (Å²) in [4.78, 5) is 0. The molecule has 0 aromatic rings. The van der Waals surface area contributed by atoms with Crippen molar-refractivity contribution in [2.24, 2.45) is 5.92 Å². The minimum absolute atomic E-state index is 0.182. The maximum absolute atomic E-state index is 6.06. The fourth-order valence-corrected chi connectivity index (χ4v) is 2.36. The fraction of sp³-hybridized carbons (Fsp3) is 0.875. The minimum Gasteiger partial charge on any atom is -0.400 e. The van der Waals surface area contributed by atoms with Crippen LogP contribution in [-0.2, 0) is 9.31 Å². The summed E-state index contributed by atoms with van der Waals surface area (Å²) in [6.07, 6.45) is 7.49. The Bertz CT molecular complexity index is 305. The number of hydrogen-bond donors (Lipinski definition) is 0. The Morgan fingerprint density at radius 2 is 1.63 bits per heavy atom. The van der Waals surface area contributed by atoms with Gasteiger partial charge in [-0.15, -0.1) is 0 Å². The van der Waals surface area contributed by atoms with Gasteiger partial charge < -0.3 is 9.31 Å². The molecule has 0 spiro atoms. The van der Waals surface area contributed by atoms with Crippen LogP contribution in [0.2, 0.25) is 0 Å². The van der Waals surface area contributed by atoms with Gasteiger partial charge in [0, 0.05) is 0 Å². The maximum atomic E-state index is 6.06. The van der Waals surface area contributed by atoms with Gasteiger partial charge >= 0.3 is 7.12 Å². The van der Waals surface area contributed by atoms with Crippen molar-refractivity contribution >= 4 is 7.12 Å². The smallest absolute Gasteiger partial charge is 0.400 e. The third-order valence-electron chi connectivity index (χ3n) is 4.44. The summed E-state index contributed by atoms with van der Waals surface area (Å²) in [7, 11) is -0.182. The van der Waals surface area contributed by atoms with Gasteiger partial charge in [-0.25, -0.2) is 0 Å². The second kappa shape index (κ2) is 6.45. The zero-order valence-electron chi connectivity index (χ0n) is 13.9. The average Bonchev–Trinajstić information content (AvgIpc) is 2.48. The molecule has 1 rings (SSSR count). The molecule has 0 aliphatic carbocycles. The van der Waals surface area contributed by atoms with E-state index in [1.165, 1.54) is 31.2 Å². The molecule has 1 saturated heterocycles. The Morgan fingerprint density at radius 1 is 1.11 bits per heavy atom. The van der Waals surface area contributed by atoms with Crippen molar-refractivity contribution in [3.8, 4) is 0 Å². The van der Waals surface area contributed by atoms with Crippen molar-refractivity contribution in [2.45, 2.75) is 85.4 Å². The first-order valence-electron chi connectivity index (χ1n) is 7.73. The Hall–Kier alpha value is -0.275. The Labute approximate surface area is 120 Å². The van der Waals surface area contributed by atoms with Crippen LogP contribution < -0.4 is 0 Å². The molecule has 1 aliphatic rings. The second-order valence-corrected chi connectivity index (χ2v) is 6.97. The van der Waals surface area contributed by atoms with Gasteiger partial charge in [0.25, 0.3) is 0 Å². The summed E-state index contributed by atoms with van der Waals surface area (Å²) in [6.45, 7) is 15.1. The van der Waals surface area contributed by atoms with E-state index in [0.717, 1.165) is 0 Å². The molecule has 0 N–H and O–H groups in total. The lowest BCUT2D eigenvalue weighted by molar-refractivity contribution is 0.00578. The Balaban J connectivity index is 2.57. The maximum Gasteiger partial charge on any atom is 0.489 e. The van der Waals surface area contributed by atoms with E-state index in [9.17, 15) is 0 Å². The first kappa shape index (κ1) is 16.8.